The minimum atomic E-state index is -0.519. The Balaban J connectivity index is 1.63. The highest BCUT2D eigenvalue weighted by Crippen LogP contribution is 2.61. The van der Waals surface area contributed by atoms with Gasteiger partial charge < -0.3 is 18.9 Å². The van der Waals surface area contributed by atoms with E-state index in [0.29, 0.717) is 22.6 Å². The van der Waals surface area contributed by atoms with E-state index in [0.717, 1.165) is 25.7 Å². The number of hydrogen-bond acceptors (Lipinski definition) is 6. The highest BCUT2D eigenvalue weighted by molar-refractivity contribution is 5.90. The Morgan fingerprint density at radius 2 is 1.15 bits per heavy atom. The normalized spacial score (nSPS) is 27.8. The summed E-state index contributed by atoms with van der Waals surface area (Å²) in [5.74, 6) is 0.796. The van der Waals surface area contributed by atoms with Crippen LogP contribution in [0.25, 0.3) is 0 Å². The summed E-state index contributed by atoms with van der Waals surface area (Å²) in [4.78, 5) is 26.4. The number of ether oxygens (including phenoxy) is 4. The second-order valence-corrected chi connectivity index (χ2v) is 10.2. The molecule has 0 amide bonds. The molecule has 0 heterocycles. The Bertz CT molecular complexity index is 1020. The molecular weight excluding hydrogens is 432 g/mol. The number of hydrogen-bond donors (Lipinski definition) is 0. The van der Waals surface area contributed by atoms with E-state index < -0.39 is 24.1 Å². The van der Waals surface area contributed by atoms with Gasteiger partial charge in [0.15, 0.2) is 0 Å². The lowest BCUT2D eigenvalue weighted by atomic mass is 9.48. The highest BCUT2D eigenvalue weighted by Gasteiger charge is 2.63. The summed E-state index contributed by atoms with van der Waals surface area (Å²) in [7, 11) is 3.17. The summed E-state index contributed by atoms with van der Waals surface area (Å²) in [6.07, 6.45) is 2.72. The van der Waals surface area contributed by atoms with Crippen molar-refractivity contribution < 1.29 is 28.5 Å². The van der Waals surface area contributed by atoms with E-state index in [1.807, 2.05) is 0 Å². The summed E-state index contributed by atoms with van der Waals surface area (Å²) >= 11 is 0. The van der Waals surface area contributed by atoms with Crippen molar-refractivity contribution in [3.05, 3.63) is 59.7 Å². The Kier molecular flexibility index (Phi) is 6.61. The van der Waals surface area contributed by atoms with Crippen molar-refractivity contribution in [2.45, 2.75) is 58.7 Å². The van der Waals surface area contributed by atoms with Crippen LogP contribution in [0.15, 0.2) is 48.5 Å². The van der Waals surface area contributed by atoms with E-state index >= 15 is 0 Å². The largest absolute Gasteiger partial charge is 0.497 e. The number of rotatable bonds is 7. The first kappa shape index (κ1) is 24.1. The molecule has 3 saturated carbocycles. The highest BCUT2D eigenvalue weighted by atomic mass is 16.6. The lowest BCUT2D eigenvalue weighted by Crippen LogP contribution is -2.64. The predicted molar refractivity (Wildman–Crippen MR) is 128 cm³/mol. The van der Waals surface area contributed by atoms with Crippen LogP contribution in [0.2, 0.25) is 0 Å². The molecule has 0 unspecified atom stereocenters. The van der Waals surface area contributed by atoms with E-state index in [4.69, 9.17) is 18.9 Å². The summed E-state index contributed by atoms with van der Waals surface area (Å²) in [5, 5.41) is 0. The van der Waals surface area contributed by atoms with Crippen molar-refractivity contribution in [3.8, 4) is 11.5 Å². The Labute approximate surface area is 201 Å². The second kappa shape index (κ2) is 9.32. The number of benzene rings is 2. The van der Waals surface area contributed by atoms with Gasteiger partial charge in [-0.3, -0.25) is 0 Å². The standard InChI is InChI=1S/C28H34O6/c1-18(2)28-16-14-27(3,15-17-28)23(33-25(29)19-6-10-21(31-4)11-7-19)24(28)34-26(30)20-8-12-22(32-5)13-9-20/h6-13,18,23-24H,14-17H2,1-5H3/t23-,24+,27-,28+/m1/s1. The van der Waals surface area contributed by atoms with Gasteiger partial charge in [-0.25, -0.2) is 9.59 Å². The van der Waals surface area contributed by atoms with E-state index in [-0.39, 0.29) is 16.7 Å². The van der Waals surface area contributed by atoms with Crippen molar-refractivity contribution in [3.63, 3.8) is 0 Å². The van der Waals surface area contributed by atoms with Crippen molar-refractivity contribution in [1.29, 1.82) is 0 Å². The minimum absolute atomic E-state index is 0.231. The molecule has 3 aliphatic carbocycles. The number of fused-ring (bicyclic) bond motifs is 3. The van der Waals surface area contributed by atoms with Gasteiger partial charge in [-0.15, -0.1) is 0 Å². The summed E-state index contributed by atoms with van der Waals surface area (Å²) < 4.78 is 22.8. The van der Waals surface area contributed by atoms with Crippen LogP contribution in [0.3, 0.4) is 0 Å². The smallest absolute Gasteiger partial charge is 0.338 e. The van der Waals surface area contributed by atoms with Gasteiger partial charge in [0.1, 0.15) is 23.7 Å². The monoisotopic (exact) mass is 466 g/mol. The van der Waals surface area contributed by atoms with E-state index in [1.54, 1.807) is 62.8 Å². The van der Waals surface area contributed by atoms with Crippen molar-refractivity contribution >= 4 is 11.9 Å². The van der Waals surface area contributed by atoms with Gasteiger partial charge >= 0.3 is 11.9 Å². The topological polar surface area (TPSA) is 71.1 Å². The molecule has 2 bridgehead atoms. The first-order chi connectivity index (χ1) is 16.2. The fraction of sp³-hybridized carbons (Fsp3) is 0.500. The van der Waals surface area contributed by atoms with E-state index in [1.165, 1.54) is 0 Å². The molecule has 0 radical (unpaired) electrons. The molecule has 2 atom stereocenters. The van der Waals surface area contributed by atoms with Crippen molar-refractivity contribution in [2.24, 2.45) is 16.7 Å². The fourth-order valence-electron chi connectivity index (χ4n) is 5.63. The van der Waals surface area contributed by atoms with Gasteiger partial charge in [0.05, 0.1) is 25.3 Å². The molecule has 3 aliphatic rings. The summed E-state index contributed by atoms with van der Waals surface area (Å²) in [6.45, 7) is 6.49. The molecule has 0 aliphatic heterocycles. The van der Waals surface area contributed by atoms with Crippen LogP contribution in [0.1, 0.15) is 67.2 Å². The number of methoxy groups -OCH3 is 2. The predicted octanol–water partition coefficient (Wildman–Crippen LogP) is 5.69. The molecule has 6 heteroatoms. The molecule has 0 spiro atoms. The SMILES string of the molecule is COc1ccc(C(=O)O[C@@H]2[C@H](OC(=O)c3ccc(OC)cc3)[C@]3(C(C)C)CC[C@@]2(C)CC3)cc1. The molecule has 2 aromatic carbocycles. The molecule has 34 heavy (non-hydrogen) atoms. The third kappa shape index (κ3) is 4.26. The molecule has 0 saturated heterocycles. The zero-order valence-corrected chi connectivity index (χ0v) is 20.6. The van der Waals surface area contributed by atoms with Gasteiger partial charge in [0.2, 0.25) is 0 Å². The Hall–Kier alpha value is -3.02. The van der Waals surface area contributed by atoms with Crippen LogP contribution < -0.4 is 9.47 Å². The van der Waals surface area contributed by atoms with Crippen molar-refractivity contribution in [1.82, 2.24) is 0 Å². The van der Waals surface area contributed by atoms with Gasteiger partial charge in [-0.1, -0.05) is 20.8 Å². The molecule has 2 aromatic rings. The first-order valence-electron chi connectivity index (χ1n) is 11.9. The molecule has 5 rings (SSSR count). The maximum Gasteiger partial charge on any atom is 0.338 e. The summed E-state index contributed by atoms with van der Waals surface area (Å²) in [5.41, 5.74) is 0.421. The molecule has 6 nitrogen and oxygen atoms in total. The van der Waals surface area contributed by atoms with Crippen LogP contribution >= 0.6 is 0 Å². The Morgan fingerprint density at radius 3 is 1.53 bits per heavy atom. The average molecular weight is 467 g/mol. The number of carbonyl (C=O) groups excluding carboxylic acids is 2. The van der Waals surface area contributed by atoms with Crippen LogP contribution in [0.4, 0.5) is 0 Å². The van der Waals surface area contributed by atoms with Gasteiger partial charge in [0, 0.05) is 10.8 Å². The average Bonchev–Trinajstić information content (AvgIpc) is 2.86. The lowest BCUT2D eigenvalue weighted by molar-refractivity contribution is -0.210. The maximum atomic E-state index is 13.2. The zero-order chi connectivity index (χ0) is 24.5. The molecular formula is C28H34O6. The summed E-state index contributed by atoms with van der Waals surface area (Å²) in [6, 6.07) is 13.7. The number of carbonyl (C=O) groups is 2. The van der Waals surface area contributed by atoms with Crippen molar-refractivity contribution in [2.75, 3.05) is 14.2 Å². The van der Waals surface area contributed by atoms with Crippen LogP contribution in [0.5, 0.6) is 11.5 Å². The quantitative estimate of drug-likeness (QED) is 0.488. The zero-order valence-electron chi connectivity index (χ0n) is 20.6. The Morgan fingerprint density at radius 1 is 0.735 bits per heavy atom. The van der Waals surface area contributed by atoms with Gasteiger partial charge in [-0.2, -0.15) is 0 Å². The van der Waals surface area contributed by atoms with E-state index in [2.05, 4.69) is 20.8 Å². The molecule has 0 aromatic heterocycles. The van der Waals surface area contributed by atoms with Gasteiger partial charge in [0.25, 0.3) is 0 Å². The second-order valence-electron chi connectivity index (χ2n) is 10.2. The van der Waals surface area contributed by atoms with Crippen LogP contribution in [-0.4, -0.2) is 38.4 Å². The molecule has 182 valence electrons. The van der Waals surface area contributed by atoms with Crippen LogP contribution in [-0.2, 0) is 9.47 Å². The number of esters is 2. The lowest BCUT2D eigenvalue weighted by Gasteiger charge is -2.61. The fourth-order valence-corrected chi connectivity index (χ4v) is 5.63. The molecule has 3 fully saturated rings. The molecule has 0 N–H and O–H groups in total. The maximum absolute atomic E-state index is 13.2. The first-order valence-corrected chi connectivity index (χ1v) is 11.9. The van der Waals surface area contributed by atoms with E-state index in [9.17, 15) is 9.59 Å². The van der Waals surface area contributed by atoms with Crippen LogP contribution in [0, 0.1) is 16.7 Å². The third-order valence-electron chi connectivity index (χ3n) is 8.12. The van der Waals surface area contributed by atoms with Gasteiger partial charge in [-0.05, 0) is 80.1 Å². The third-order valence-corrected chi connectivity index (χ3v) is 8.12. The minimum Gasteiger partial charge on any atom is -0.497 e.